The fourth-order valence-corrected chi connectivity index (χ4v) is 2.35. The number of hydrogen-bond donors (Lipinski definition) is 1. The van der Waals surface area contributed by atoms with E-state index in [0.717, 1.165) is 24.5 Å². The number of nitrogens with zero attached hydrogens (tertiary/aromatic N) is 4. The van der Waals surface area contributed by atoms with Gasteiger partial charge in [0.05, 0.1) is 0 Å². The Hall–Kier alpha value is -2.76. The number of anilines is 2. The van der Waals surface area contributed by atoms with Crippen molar-refractivity contribution in [3.63, 3.8) is 0 Å². The molecular formula is C16H17N5O. The average Bonchev–Trinajstić information content (AvgIpc) is 3.09. The predicted molar refractivity (Wildman–Crippen MR) is 85.4 cm³/mol. The highest BCUT2D eigenvalue weighted by atomic mass is 16.1. The first-order chi connectivity index (χ1) is 10.8. The molecule has 0 radical (unpaired) electrons. The van der Waals surface area contributed by atoms with E-state index in [2.05, 4.69) is 25.2 Å². The van der Waals surface area contributed by atoms with Gasteiger partial charge in [-0.05, 0) is 30.5 Å². The highest BCUT2D eigenvalue weighted by Crippen LogP contribution is 2.19. The van der Waals surface area contributed by atoms with Crippen molar-refractivity contribution in [2.24, 2.45) is 0 Å². The van der Waals surface area contributed by atoms with Crippen LogP contribution >= 0.6 is 0 Å². The van der Waals surface area contributed by atoms with Crippen LogP contribution in [0, 0.1) is 0 Å². The zero-order valence-corrected chi connectivity index (χ0v) is 12.1. The molecule has 22 heavy (non-hydrogen) atoms. The van der Waals surface area contributed by atoms with Crippen molar-refractivity contribution in [3.8, 4) is 0 Å². The lowest BCUT2D eigenvalue weighted by Gasteiger charge is -2.16. The number of carbonyl (C=O) groups excluding carboxylic acids is 1. The Kier molecular flexibility index (Phi) is 4.38. The highest BCUT2D eigenvalue weighted by Gasteiger charge is 2.14. The molecule has 0 unspecified atom stereocenters. The van der Waals surface area contributed by atoms with Gasteiger partial charge in [-0.3, -0.25) is 9.78 Å². The van der Waals surface area contributed by atoms with E-state index in [0.29, 0.717) is 5.82 Å². The zero-order chi connectivity index (χ0) is 15.2. The summed E-state index contributed by atoms with van der Waals surface area (Å²) < 4.78 is 0. The van der Waals surface area contributed by atoms with E-state index in [4.69, 9.17) is 0 Å². The van der Waals surface area contributed by atoms with Gasteiger partial charge in [-0.1, -0.05) is 6.07 Å². The van der Waals surface area contributed by atoms with Gasteiger partial charge < -0.3 is 10.2 Å². The number of aromatic nitrogens is 3. The molecular weight excluding hydrogens is 278 g/mol. The Balaban J connectivity index is 1.64. The minimum Gasteiger partial charge on any atom is -0.356 e. The van der Waals surface area contributed by atoms with Gasteiger partial charge in [0.2, 0.25) is 5.91 Å². The molecule has 1 fully saturated rings. The molecule has 1 aliphatic heterocycles. The minimum atomic E-state index is -0.227. The van der Waals surface area contributed by atoms with Crippen molar-refractivity contribution in [3.05, 3.63) is 48.6 Å². The molecule has 3 heterocycles. The van der Waals surface area contributed by atoms with Crippen LogP contribution in [0.2, 0.25) is 0 Å². The molecule has 3 rings (SSSR count). The second-order valence-corrected chi connectivity index (χ2v) is 5.06. The van der Waals surface area contributed by atoms with Crippen molar-refractivity contribution in [1.29, 1.82) is 0 Å². The highest BCUT2D eigenvalue weighted by molar-refractivity contribution is 6.01. The van der Waals surface area contributed by atoms with Crippen molar-refractivity contribution < 1.29 is 4.79 Å². The third kappa shape index (κ3) is 3.66. The standard InChI is InChI=1S/C16H17N5O/c22-16(6-5-13-4-3-7-17-11-13)20-14-10-15(19-12-18-14)21-8-1-2-9-21/h3-7,10-12H,1-2,8-9H2,(H,18,19,20,22)/b6-5+. The number of nitrogens with one attached hydrogen (secondary N) is 1. The monoisotopic (exact) mass is 295 g/mol. The molecule has 112 valence electrons. The number of rotatable bonds is 4. The summed E-state index contributed by atoms with van der Waals surface area (Å²) in [5, 5.41) is 2.75. The summed E-state index contributed by atoms with van der Waals surface area (Å²) in [6.45, 7) is 2.01. The number of hydrogen-bond acceptors (Lipinski definition) is 5. The molecule has 0 aromatic carbocycles. The first-order valence-corrected chi connectivity index (χ1v) is 7.27. The number of carbonyl (C=O) groups is 1. The molecule has 0 aliphatic carbocycles. The smallest absolute Gasteiger partial charge is 0.249 e. The summed E-state index contributed by atoms with van der Waals surface area (Å²) in [6.07, 6.45) is 10.4. The third-order valence-electron chi connectivity index (χ3n) is 3.45. The molecule has 1 aliphatic rings. The lowest BCUT2D eigenvalue weighted by Crippen LogP contribution is -2.19. The molecule has 6 heteroatoms. The Morgan fingerprint density at radius 2 is 2.14 bits per heavy atom. The zero-order valence-electron chi connectivity index (χ0n) is 12.1. The van der Waals surface area contributed by atoms with E-state index in [1.807, 2.05) is 12.1 Å². The number of pyridine rings is 1. The van der Waals surface area contributed by atoms with Gasteiger partial charge >= 0.3 is 0 Å². The maximum atomic E-state index is 11.9. The van der Waals surface area contributed by atoms with Crippen molar-refractivity contribution in [1.82, 2.24) is 15.0 Å². The van der Waals surface area contributed by atoms with Gasteiger partial charge in [-0.2, -0.15) is 0 Å². The van der Waals surface area contributed by atoms with E-state index in [1.54, 1.807) is 24.5 Å². The molecule has 0 saturated carbocycles. The average molecular weight is 295 g/mol. The summed E-state index contributed by atoms with van der Waals surface area (Å²) in [4.78, 5) is 26.5. The van der Waals surface area contributed by atoms with E-state index in [1.165, 1.54) is 25.2 Å². The predicted octanol–water partition coefficient (Wildman–Crippen LogP) is 2.12. The van der Waals surface area contributed by atoms with Crippen LogP contribution in [0.4, 0.5) is 11.6 Å². The van der Waals surface area contributed by atoms with Crippen molar-refractivity contribution in [2.75, 3.05) is 23.3 Å². The van der Waals surface area contributed by atoms with E-state index >= 15 is 0 Å². The van der Waals surface area contributed by atoms with E-state index < -0.39 is 0 Å². The van der Waals surface area contributed by atoms with Crippen molar-refractivity contribution in [2.45, 2.75) is 12.8 Å². The van der Waals surface area contributed by atoms with Gasteiger partial charge in [-0.25, -0.2) is 9.97 Å². The molecule has 0 spiro atoms. The molecule has 0 atom stereocenters. The van der Waals surface area contributed by atoms with E-state index in [9.17, 15) is 4.79 Å². The van der Waals surface area contributed by atoms with Gasteiger partial charge in [-0.15, -0.1) is 0 Å². The molecule has 1 saturated heterocycles. The van der Waals surface area contributed by atoms with Crippen LogP contribution < -0.4 is 10.2 Å². The molecule has 6 nitrogen and oxygen atoms in total. The Bertz CT molecular complexity index is 665. The molecule has 1 N–H and O–H groups in total. The van der Waals surface area contributed by atoms with Crippen LogP contribution in [0.5, 0.6) is 0 Å². The van der Waals surface area contributed by atoms with Crippen molar-refractivity contribution >= 4 is 23.6 Å². The summed E-state index contributed by atoms with van der Waals surface area (Å²) in [7, 11) is 0. The Morgan fingerprint density at radius 3 is 2.91 bits per heavy atom. The Morgan fingerprint density at radius 1 is 1.27 bits per heavy atom. The van der Waals surface area contributed by atoms with Crippen LogP contribution in [-0.4, -0.2) is 33.9 Å². The number of amides is 1. The first kappa shape index (κ1) is 14.2. The van der Waals surface area contributed by atoms with Gasteiger partial charge in [0.25, 0.3) is 0 Å². The van der Waals surface area contributed by atoms with Gasteiger partial charge in [0.15, 0.2) is 0 Å². The molecule has 0 bridgehead atoms. The lowest BCUT2D eigenvalue weighted by atomic mass is 10.2. The molecule has 1 amide bonds. The first-order valence-electron chi connectivity index (χ1n) is 7.27. The Labute approximate surface area is 128 Å². The summed E-state index contributed by atoms with van der Waals surface area (Å²) >= 11 is 0. The summed E-state index contributed by atoms with van der Waals surface area (Å²) in [6, 6.07) is 5.51. The quantitative estimate of drug-likeness (QED) is 0.875. The largest absolute Gasteiger partial charge is 0.356 e. The van der Waals surface area contributed by atoms with Crippen LogP contribution in [0.3, 0.4) is 0 Å². The summed E-state index contributed by atoms with van der Waals surface area (Å²) in [5.74, 6) is 1.15. The van der Waals surface area contributed by atoms with Gasteiger partial charge in [0.1, 0.15) is 18.0 Å². The minimum absolute atomic E-state index is 0.227. The molecule has 2 aromatic rings. The fraction of sp³-hybridized carbons (Fsp3) is 0.250. The van der Waals surface area contributed by atoms with Crippen LogP contribution in [0.15, 0.2) is 43.0 Å². The lowest BCUT2D eigenvalue weighted by molar-refractivity contribution is -0.111. The van der Waals surface area contributed by atoms with Gasteiger partial charge in [0, 0.05) is 37.6 Å². The fourth-order valence-electron chi connectivity index (χ4n) is 2.35. The van der Waals surface area contributed by atoms with Crippen LogP contribution in [0.25, 0.3) is 6.08 Å². The normalized spacial score (nSPS) is 14.5. The summed E-state index contributed by atoms with van der Waals surface area (Å²) in [5.41, 5.74) is 0.873. The maximum Gasteiger partial charge on any atom is 0.249 e. The van der Waals surface area contributed by atoms with Crippen LogP contribution in [-0.2, 0) is 4.79 Å². The maximum absolute atomic E-state index is 11.9. The third-order valence-corrected chi connectivity index (χ3v) is 3.45. The van der Waals surface area contributed by atoms with E-state index in [-0.39, 0.29) is 5.91 Å². The second kappa shape index (κ2) is 6.80. The second-order valence-electron chi connectivity index (χ2n) is 5.06. The SMILES string of the molecule is O=C(/C=C/c1cccnc1)Nc1cc(N2CCCC2)ncn1. The molecule has 2 aromatic heterocycles. The topological polar surface area (TPSA) is 71.0 Å². The van der Waals surface area contributed by atoms with Crippen LogP contribution in [0.1, 0.15) is 18.4 Å².